The van der Waals surface area contributed by atoms with Crippen molar-refractivity contribution >= 4 is 5.78 Å². The van der Waals surface area contributed by atoms with E-state index in [2.05, 4.69) is 0 Å². The van der Waals surface area contributed by atoms with Crippen molar-refractivity contribution in [2.75, 3.05) is 33.9 Å². The van der Waals surface area contributed by atoms with Crippen LogP contribution >= 0.6 is 0 Å². The number of carbonyl (C=O) groups excluding carboxylic acids is 1. The Hall–Kier alpha value is -1.23. The van der Waals surface area contributed by atoms with Gasteiger partial charge in [0.2, 0.25) is 0 Å². The molecular weight excluding hydrogens is 218 g/mol. The molecule has 0 aliphatic rings. The van der Waals surface area contributed by atoms with Crippen LogP contribution in [0.4, 0.5) is 0 Å². The van der Waals surface area contributed by atoms with E-state index >= 15 is 0 Å². The second-order valence-corrected chi connectivity index (χ2v) is 4.10. The van der Waals surface area contributed by atoms with Gasteiger partial charge in [-0.05, 0) is 7.05 Å². The highest BCUT2D eigenvalue weighted by atomic mass is 16.5. The molecule has 0 aromatic heterocycles. The first kappa shape index (κ1) is 13.8. The average molecular weight is 237 g/mol. The van der Waals surface area contributed by atoms with Crippen LogP contribution in [0.25, 0.3) is 0 Å². The third kappa shape index (κ3) is 5.08. The topological polar surface area (TPSA) is 49.8 Å². The monoisotopic (exact) mass is 237 g/mol. The van der Waals surface area contributed by atoms with Gasteiger partial charge in [-0.1, -0.05) is 30.3 Å². The van der Waals surface area contributed by atoms with Crippen LogP contribution in [0.15, 0.2) is 30.3 Å². The van der Waals surface area contributed by atoms with Crippen molar-refractivity contribution in [2.45, 2.75) is 6.10 Å². The normalized spacial score (nSPS) is 12.7. The van der Waals surface area contributed by atoms with Gasteiger partial charge in [-0.25, -0.2) is 0 Å². The Morgan fingerprint density at radius 3 is 2.65 bits per heavy atom. The molecule has 0 fully saturated rings. The Morgan fingerprint density at radius 2 is 2.06 bits per heavy atom. The van der Waals surface area contributed by atoms with Gasteiger partial charge in [0.1, 0.15) is 0 Å². The summed E-state index contributed by atoms with van der Waals surface area (Å²) in [5.74, 6) is 0.0534. The van der Waals surface area contributed by atoms with Crippen molar-refractivity contribution in [3.63, 3.8) is 0 Å². The van der Waals surface area contributed by atoms with E-state index in [9.17, 15) is 9.90 Å². The molecule has 94 valence electrons. The van der Waals surface area contributed by atoms with Gasteiger partial charge < -0.3 is 9.84 Å². The zero-order valence-electron chi connectivity index (χ0n) is 10.3. The van der Waals surface area contributed by atoms with E-state index in [1.165, 1.54) is 0 Å². The molecule has 0 amide bonds. The standard InChI is InChI=1S/C13H19NO3/c1-14(8-12(15)10-17-2)9-13(16)11-6-4-3-5-7-11/h3-7,12,15H,8-10H2,1-2H3. The summed E-state index contributed by atoms with van der Waals surface area (Å²) in [5.41, 5.74) is 0.695. The molecule has 1 unspecified atom stereocenters. The number of methoxy groups -OCH3 is 1. The van der Waals surface area contributed by atoms with Crippen LogP contribution in [-0.2, 0) is 4.74 Å². The van der Waals surface area contributed by atoms with Gasteiger partial charge in [0, 0.05) is 19.2 Å². The summed E-state index contributed by atoms with van der Waals surface area (Å²) in [6, 6.07) is 9.15. The minimum absolute atomic E-state index is 0.0534. The lowest BCUT2D eigenvalue weighted by molar-refractivity contribution is 0.0427. The molecular formula is C13H19NO3. The number of Topliss-reactive ketones (excluding diaryl/α,β-unsaturated/α-hetero) is 1. The predicted octanol–water partition coefficient (Wildman–Crippen LogP) is 0.808. The minimum Gasteiger partial charge on any atom is -0.389 e. The van der Waals surface area contributed by atoms with E-state index in [1.807, 2.05) is 18.2 Å². The second-order valence-electron chi connectivity index (χ2n) is 4.10. The highest BCUT2D eigenvalue weighted by molar-refractivity contribution is 5.97. The lowest BCUT2D eigenvalue weighted by Gasteiger charge is -2.19. The summed E-state index contributed by atoms with van der Waals surface area (Å²) in [5, 5.41) is 9.53. The smallest absolute Gasteiger partial charge is 0.176 e. The van der Waals surface area contributed by atoms with Gasteiger partial charge in [0.25, 0.3) is 0 Å². The van der Waals surface area contributed by atoms with Crippen LogP contribution in [0.2, 0.25) is 0 Å². The fraction of sp³-hybridized carbons (Fsp3) is 0.462. The number of carbonyl (C=O) groups is 1. The van der Waals surface area contributed by atoms with Gasteiger partial charge in [-0.3, -0.25) is 9.69 Å². The number of aliphatic hydroxyl groups is 1. The lowest BCUT2D eigenvalue weighted by atomic mass is 10.1. The highest BCUT2D eigenvalue weighted by Gasteiger charge is 2.12. The molecule has 0 aliphatic heterocycles. The van der Waals surface area contributed by atoms with Gasteiger partial charge >= 0.3 is 0 Å². The Morgan fingerprint density at radius 1 is 1.41 bits per heavy atom. The molecule has 1 N–H and O–H groups in total. The maximum Gasteiger partial charge on any atom is 0.176 e. The van der Waals surface area contributed by atoms with E-state index in [0.29, 0.717) is 18.7 Å². The fourth-order valence-corrected chi connectivity index (χ4v) is 1.63. The van der Waals surface area contributed by atoms with E-state index in [4.69, 9.17) is 4.74 Å². The van der Waals surface area contributed by atoms with Crippen molar-refractivity contribution in [2.24, 2.45) is 0 Å². The Labute approximate surface area is 102 Å². The van der Waals surface area contributed by atoms with Crippen LogP contribution in [0.3, 0.4) is 0 Å². The van der Waals surface area contributed by atoms with Crippen molar-refractivity contribution in [3.8, 4) is 0 Å². The van der Waals surface area contributed by atoms with Gasteiger partial charge in [0.05, 0.1) is 19.3 Å². The van der Waals surface area contributed by atoms with Crippen molar-refractivity contribution in [3.05, 3.63) is 35.9 Å². The molecule has 0 aliphatic carbocycles. The fourth-order valence-electron chi connectivity index (χ4n) is 1.63. The number of aliphatic hydroxyl groups excluding tert-OH is 1. The van der Waals surface area contributed by atoms with Gasteiger partial charge in [-0.15, -0.1) is 0 Å². The number of ether oxygens (including phenoxy) is 1. The summed E-state index contributed by atoms with van der Waals surface area (Å²) >= 11 is 0. The molecule has 0 saturated carbocycles. The zero-order chi connectivity index (χ0) is 12.7. The number of ketones is 1. The van der Waals surface area contributed by atoms with Crippen LogP contribution < -0.4 is 0 Å². The molecule has 1 aromatic rings. The SMILES string of the molecule is COCC(O)CN(C)CC(=O)c1ccccc1. The molecule has 0 spiro atoms. The maximum atomic E-state index is 11.8. The second kappa shape index (κ2) is 7.17. The molecule has 1 aromatic carbocycles. The maximum absolute atomic E-state index is 11.8. The Kier molecular flexibility index (Phi) is 5.83. The third-order valence-corrected chi connectivity index (χ3v) is 2.39. The van der Waals surface area contributed by atoms with Gasteiger partial charge in [-0.2, -0.15) is 0 Å². The summed E-state index contributed by atoms with van der Waals surface area (Å²) in [4.78, 5) is 13.6. The van der Waals surface area contributed by atoms with E-state index in [0.717, 1.165) is 0 Å². The minimum atomic E-state index is -0.562. The molecule has 4 nitrogen and oxygen atoms in total. The quantitative estimate of drug-likeness (QED) is 0.713. The van der Waals surface area contributed by atoms with Crippen LogP contribution in [0, 0.1) is 0 Å². The van der Waals surface area contributed by atoms with Crippen LogP contribution in [0.1, 0.15) is 10.4 Å². The molecule has 1 atom stereocenters. The van der Waals surface area contributed by atoms with Crippen LogP contribution in [0.5, 0.6) is 0 Å². The number of hydrogen-bond acceptors (Lipinski definition) is 4. The Balaban J connectivity index is 2.41. The summed E-state index contributed by atoms with van der Waals surface area (Å²) in [7, 11) is 3.35. The van der Waals surface area contributed by atoms with Crippen molar-refractivity contribution in [1.29, 1.82) is 0 Å². The van der Waals surface area contributed by atoms with Crippen molar-refractivity contribution in [1.82, 2.24) is 4.90 Å². The molecule has 0 bridgehead atoms. The first-order valence-corrected chi connectivity index (χ1v) is 5.57. The number of benzene rings is 1. The van der Waals surface area contributed by atoms with Gasteiger partial charge in [0.15, 0.2) is 5.78 Å². The average Bonchev–Trinajstić information content (AvgIpc) is 2.30. The first-order valence-electron chi connectivity index (χ1n) is 5.57. The highest BCUT2D eigenvalue weighted by Crippen LogP contribution is 2.01. The van der Waals surface area contributed by atoms with Crippen molar-refractivity contribution < 1.29 is 14.6 Å². The molecule has 0 heterocycles. The predicted molar refractivity (Wildman–Crippen MR) is 66.2 cm³/mol. The van der Waals surface area contributed by atoms with E-state index < -0.39 is 6.10 Å². The Bertz CT molecular complexity index is 340. The first-order chi connectivity index (χ1) is 8.13. The van der Waals surface area contributed by atoms with E-state index in [1.54, 1.807) is 31.2 Å². The number of nitrogens with zero attached hydrogens (tertiary/aromatic N) is 1. The largest absolute Gasteiger partial charge is 0.389 e. The molecule has 4 heteroatoms. The summed E-state index contributed by atoms with van der Waals surface area (Å²) < 4.78 is 4.83. The molecule has 0 radical (unpaired) electrons. The number of rotatable bonds is 7. The summed E-state index contributed by atoms with van der Waals surface area (Å²) in [6.45, 7) is 1.00. The summed E-state index contributed by atoms with van der Waals surface area (Å²) in [6.07, 6.45) is -0.562. The molecule has 17 heavy (non-hydrogen) atoms. The lowest BCUT2D eigenvalue weighted by Crippen LogP contribution is -2.35. The molecule has 0 saturated heterocycles. The third-order valence-electron chi connectivity index (χ3n) is 2.39. The molecule has 1 rings (SSSR count). The van der Waals surface area contributed by atoms with E-state index in [-0.39, 0.29) is 12.4 Å². The van der Waals surface area contributed by atoms with Crippen LogP contribution in [-0.4, -0.2) is 55.7 Å². The zero-order valence-corrected chi connectivity index (χ0v) is 10.3. The number of likely N-dealkylation sites (N-methyl/N-ethyl adjacent to an activating group) is 1. The number of hydrogen-bond donors (Lipinski definition) is 1.